The Morgan fingerprint density at radius 1 is 0.947 bits per heavy atom. The van der Waals surface area contributed by atoms with E-state index in [1.54, 1.807) is 0 Å². The number of carboxylic acids is 1. The SMILES string of the molecule is O=C(O)C1(Nc2ccccc2)Cc2ccccc2C1. The lowest BCUT2D eigenvalue weighted by Gasteiger charge is -2.26. The van der Waals surface area contributed by atoms with Gasteiger partial charge in [-0.2, -0.15) is 0 Å². The molecule has 2 aromatic carbocycles. The highest BCUT2D eigenvalue weighted by Gasteiger charge is 2.43. The standard InChI is InChI=1S/C16H15NO2/c18-15(19)16(17-14-8-2-1-3-9-14)10-12-6-4-5-7-13(12)11-16/h1-9,17H,10-11H2,(H,18,19). The number of benzene rings is 2. The van der Waals surface area contributed by atoms with Gasteiger partial charge in [-0.1, -0.05) is 42.5 Å². The summed E-state index contributed by atoms with van der Waals surface area (Å²) in [5, 5.41) is 12.8. The second-order valence-corrected chi connectivity index (χ2v) is 5.00. The molecule has 0 amide bonds. The molecule has 0 fully saturated rings. The van der Waals surface area contributed by atoms with E-state index >= 15 is 0 Å². The molecule has 19 heavy (non-hydrogen) atoms. The van der Waals surface area contributed by atoms with Crippen LogP contribution < -0.4 is 5.32 Å². The zero-order valence-electron chi connectivity index (χ0n) is 10.5. The van der Waals surface area contributed by atoms with Crippen LogP contribution in [0.5, 0.6) is 0 Å². The molecule has 0 saturated carbocycles. The number of para-hydroxylation sites is 1. The Balaban J connectivity index is 1.93. The maximum Gasteiger partial charge on any atom is 0.330 e. The van der Waals surface area contributed by atoms with Crippen molar-refractivity contribution in [2.24, 2.45) is 0 Å². The Bertz CT molecular complexity index is 582. The van der Waals surface area contributed by atoms with Crippen molar-refractivity contribution in [3.63, 3.8) is 0 Å². The Labute approximate surface area is 111 Å². The van der Waals surface area contributed by atoms with Crippen LogP contribution in [-0.2, 0) is 17.6 Å². The zero-order valence-corrected chi connectivity index (χ0v) is 10.5. The first-order chi connectivity index (χ1) is 9.20. The van der Waals surface area contributed by atoms with Gasteiger partial charge in [0.2, 0.25) is 0 Å². The molecule has 1 aliphatic carbocycles. The van der Waals surface area contributed by atoms with Crippen LogP contribution >= 0.6 is 0 Å². The minimum atomic E-state index is -0.926. The summed E-state index contributed by atoms with van der Waals surface area (Å²) in [5.74, 6) is -0.799. The summed E-state index contributed by atoms with van der Waals surface area (Å²) in [6.45, 7) is 0. The van der Waals surface area contributed by atoms with Crippen molar-refractivity contribution in [3.8, 4) is 0 Å². The number of fused-ring (bicyclic) bond motifs is 1. The number of anilines is 1. The molecule has 96 valence electrons. The molecule has 0 radical (unpaired) electrons. The van der Waals surface area contributed by atoms with Gasteiger partial charge in [-0.25, -0.2) is 4.79 Å². The van der Waals surface area contributed by atoms with Gasteiger partial charge in [0, 0.05) is 18.5 Å². The molecule has 0 atom stereocenters. The maximum atomic E-state index is 11.7. The van der Waals surface area contributed by atoms with Crippen LogP contribution in [0.15, 0.2) is 54.6 Å². The van der Waals surface area contributed by atoms with E-state index < -0.39 is 11.5 Å². The van der Waals surface area contributed by atoms with Gasteiger partial charge in [0.25, 0.3) is 0 Å². The average Bonchev–Trinajstić information content (AvgIpc) is 2.79. The molecule has 0 saturated heterocycles. The lowest BCUT2D eigenvalue weighted by molar-refractivity contribution is -0.142. The monoisotopic (exact) mass is 253 g/mol. The van der Waals surface area contributed by atoms with Crippen LogP contribution in [0.3, 0.4) is 0 Å². The van der Waals surface area contributed by atoms with E-state index in [9.17, 15) is 9.90 Å². The third-order valence-electron chi connectivity index (χ3n) is 3.67. The number of hydrogen-bond acceptors (Lipinski definition) is 2. The van der Waals surface area contributed by atoms with Crippen molar-refractivity contribution < 1.29 is 9.90 Å². The van der Waals surface area contributed by atoms with Gasteiger partial charge in [-0.15, -0.1) is 0 Å². The summed E-state index contributed by atoms with van der Waals surface area (Å²) >= 11 is 0. The van der Waals surface area contributed by atoms with Gasteiger partial charge < -0.3 is 10.4 Å². The Kier molecular flexibility index (Phi) is 2.75. The number of carbonyl (C=O) groups is 1. The summed E-state index contributed by atoms with van der Waals surface area (Å²) in [6, 6.07) is 17.4. The van der Waals surface area contributed by atoms with Crippen LogP contribution in [0.25, 0.3) is 0 Å². The van der Waals surface area contributed by atoms with Crippen LogP contribution in [0.1, 0.15) is 11.1 Å². The predicted octanol–water partition coefficient (Wildman–Crippen LogP) is 2.72. The van der Waals surface area contributed by atoms with Crippen molar-refractivity contribution in [1.29, 1.82) is 0 Å². The topological polar surface area (TPSA) is 49.3 Å². The molecule has 3 rings (SSSR count). The normalized spacial score (nSPS) is 15.8. The van der Waals surface area contributed by atoms with Crippen molar-refractivity contribution >= 4 is 11.7 Å². The summed E-state index contributed by atoms with van der Waals surface area (Å²) < 4.78 is 0. The smallest absolute Gasteiger partial charge is 0.330 e. The zero-order chi connectivity index (χ0) is 13.3. The first-order valence-electron chi connectivity index (χ1n) is 6.33. The molecule has 3 heteroatoms. The van der Waals surface area contributed by atoms with E-state index in [2.05, 4.69) is 5.32 Å². The first kappa shape index (κ1) is 11.8. The van der Waals surface area contributed by atoms with Gasteiger partial charge in [0.1, 0.15) is 5.54 Å². The van der Waals surface area contributed by atoms with Gasteiger partial charge in [-0.3, -0.25) is 0 Å². The Morgan fingerprint density at radius 2 is 1.47 bits per heavy atom. The fourth-order valence-corrected chi connectivity index (χ4v) is 2.71. The largest absolute Gasteiger partial charge is 0.479 e. The molecule has 0 heterocycles. The van der Waals surface area contributed by atoms with Crippen molar-refractivity contribution in [2.75, 3.05) is 5.32 Å². The quantitative estimate of drug-likeness (QED) is 0.884. The van der Waals surface area contributed by atoms with E-state index in [1.807, 2.05) is 54.6 Å². The van der Waals surface area contributed by atoms with Crippen molar-refractivity contribution in [2.45, 2.75) is 18.4 Å². The molecular formula is C16H15NO2. The summed E-state index contributed by atoms with van der Waals surface area (Å²) in [5.41, 5.74) is 2.16. The lowest BCUT2D eigenvalue weighted by Crippen LogP contribution is -2.47. The highest BCUT2D eigenvalue weighted by molar-refractivity contribution is 5.85. The van der Waals surface area contributed by atoms with E-state index in [-0.39, 0.29) is 0 Å². The van der Waals surface area contributed by atoms with E-state index in [0.29, 0.717) is 12.8 Å². The third-order valence-corrected chi connectivity index (χ3v) is 3.67. The second-order valence-electron chi connectivity index (χ2n) is 5.00. The molecule has 2 N–H and O–H groups in total. The van der Waals surface area contributed by atoms with Crippen molar-refractivity contribution in [3.05, 3.63) is 65.7 Å². The molecule has 0 unspecified atom stereocenters. The second kappa shape index (κ2) is 4.43. The fraction of sp³-hybridized carbons (Fsp3) is 0.188. The summed E-state index contributed by atoms with van der Waals surface area (Å²) in [6.07, 6.45) is 1.04. The van der Waals surface area contributed by atoms with Crippen LogP contribution in [0.2, 0.25) is 0 Å². The number of carboxylic acid groups (broad SMARTS) is 1. The van der Waals surface area contributed by atoms with Gasteiger partial charge in [0.15, 0.2) is 0 Å². The van der Waals surface area contributed by atoms with Gasteiger partial charge in [0.05, 0.1) is 0 Å². The first-order valence-corrected chi connectivity index (χ1v) is 6.33. The number of rotatable bonds is 3. The Hall–Kier alpha value is -2.29. The van der Waals surface area contributed by atoms with Crippen LogP contribution in [-0.4, -0.2) is 16.6 Å². The summed E-state index contributed by atoms with van der Waals surface area (Å²) in [7, 11) is 0. The average molecular weight is 253 g/mol. The van der Waals surface area contributed by atoms with E-state index in [0.717, 1.165) is 16.8 Å². The molecule has 2 aromatic rings. The van der Waals surface area contributed by atoms with Gasteiger partial charge >= 0.3 is 5.97 Å². The molecule has 0 bridgehead atoms. The maximum absolute atomic E-state index is 11.7. The third kappa shape index (κ3) is 2.08. The number of hydrogen-bond donors (Lipinski definition) is 2. The van der Waals surface area contributed by atoms with Gasteiger partial charge in [-0.05, 0) is 23.3 Å². The molecule has 0 aliphatic heterocycles. The lowest BCUT2D eigenvalue weighted by atomic mass is 9.95. The highest BCUT2D eigenvalue weighted by atomic mass is 16.4. The predicted molar refractivity (Wildman–Crippen MR) is 74.3 cm³/mol. The highest BCUT2D eigenvalue weighted by Crippen LogP contribution is 2.33. The molecule has 1 aliphatic rings. The number of nitrogens with one attached hydrogen (secondary N) is 1. The Morgan fingerprint density at radius 3 is 2.00 bits per heavy atom. The minimum absolute atomic E-state index is 0.521. The minimum Gasteiger partial charge on any atom is -0.479 e. The van der Waals surface area contributed by atoms with E-state index in [1.165, 1.54) is 0 Å². The molecule has 0 aromatic heterocycles. The fourth-order valence-electron chi connectivity index (χ4n) is 2.71. The molecule has 3 nitrogen and oxygen atoms in total. The summed E-state index contributed by atoms with van der Waals surface area (Å²) in [4.78, 5) is 11.7. The van der Waals surface area contributed by atoms with Crippen LogP contribution in [0, 0.1) is 0 Å². The molecular weight excluding hydrogens is 238 g/mol. The molecule has 0 spiro atoms. The number of aliphatic carboxylic acids is 1. The van der Waals surface area contributed by atoms with Crippen molar-refractivity contribution in [1.82, 2.24) is 0 Å². The van der Waals surface area contributed by atoms with E-state index in [4.69, 9.17) is 0 Å². The van der Waals surface area contributed by atoms with Crippen LogP contribution in [0.4, 0.5) is 5.69 Å².